The summed E-state index contributed by atoms with van der Waals surface area (Å²) in [7, 11) is 0. The monoisotopic (exact) mass is 520 g/mol. The molecule has 4 heteroatoms. The van der Waals surface area contributed by atoms with Crippen LogP contribution in [-0.2, 0) is 6.42 Å². The molecule has 3 nitrogen and oxygen atoms in total. The zero-order valence-electron chi connectivity index (χ0n) is 21.2. The first-order valence-electron chi connectivity index (χ1n) is 13.3. The Bertz CT molecular complexity index is 2100. The highest BCUT2D eigenvalue weighted by Crippen LogP contribution is 2.41. The third-order valence-corrected chi connectivity index (χ3v) is 9.06. The molecule has 6 aromatic rings. The summed E-state index contributed by atoms with van der Waals surface area (Å²) in [6, 6.07) is 37.9. The standard InChI is InChI=1S/C35H24N2OS/c38-34-31(21-30-26-15-7-5-13-24(26)20-25-14-6-8-16-27(25)30)39-35-36-32-28-17-9-4-10-22(28)18-19-29(32)33(37(34)35)23-11-2-1-3-12-23/h1-17,20-21,33H,18-19H2/b31-21-/t33-/m0/s1. The molecule has 0 fully saturated rings. The maximum absolute atomic E-state index is 14.3. The molecule has 0 spiro atoms. The van der Waals surface area contributed by atoms with Crippen LogP contribution in [-0.4, -0.2) is 4.57 Å². The van der Waals surface area contributed by atoms with Crippen molar-refractivity contribution < 1.29 is 0 Å². The quantitative estimate of drug-likeness (QED) is 0.236. The fraction of sp³-hybridized carbons (Fsp3) is 0.0857. The average molecular weight is 521 g/mol. The van der Waals surface area contributed by atoms with E-state index in [1.54, 1.807) is 0 Å². The van der Waals surface area contributed by atoms with Gasteiger partial charge in [-0.3, -0.25) is 9.36 Å². The molecule has 0 radical (unpaired) electrons. The normalized spacial score (nSPS) is 16.6. The highest BCUT2D eigenvalue weighted by Gasteiger charge is 2.32. The summed E-state index contributed by atoms with van der Waals surface area (Å²) in [5, 5.41) is 4.64. The SMILES string of the molecule is O=c1/c(=C/c2c3ccccc3cc3ccccc23)sc2n1[C@@H](c1ccccc1)C1=C(N=2)c2ccccc2CC1. The highest BCUT2D eigenvalue weighted by molar-refractivity contribution is 7.07. The molecular formula is C35H24N2OS. The smallest absolute Gasteiger partial charge is 0.271 e. The van der Waals surface area contributed by atoms with Gasteiger partial charge in [-0.05, 0) is 68.8 Å². The van der Waals surface area contributed by atoms with Crippen molar-refractivity contribution in [2.24, 2.45) is 4.99 Å². The predicted molar refractivity (Wildman–Crippen MR) is 161 cm³/mol. The molecule has 1 aliphatic carbocycles. The van der Waals surface area contributed by atoms with Crippen LogP contribution >= 0.6 is 11.3 Å². The molecule has 0 saturated heterocycles. The van der Waals surface area contributed by atoms with Gasteiger partial charge < -0.3 is 0 Å². The third kappa shape index (κ3) is 3.49. The van der Waals surface area contributed by atoms with E-state index in [2.05, 4.69) is 109 Å². The molecule has 0 unspecified atom stereocenters. The minimum Gasteiger partial charge on any atom is -0.272 e. The van der Waals surface area contributed by atoms with Crippen molar-refractivity contribution in [1.29, 1.82) is 0 Å². The number of aryl methyl sites for hydroxylation is 1. The Hall–Kier alpha value is -4.54. The van der Waals surface area contributed by atoms with Gasteiger partial charge in [0.15, 0.2) is 4.80 Å². The molecule has 0 saturated carbocycles. The molecule has 1 aliphatic heterocycles. The summed E-state index contributed by atoms with van der Waals surface area (Å²) in [4.78, 5) is 20.2. The summed E-state index contributed by atoms with van der Waals surface area (Å²) in [5.74, 6) is 0. The van der Waals surface area contributed by atoms with Crippen LogP contribution < -0.4 is 14.9 Å². The van der Waals surface area contributed by atoms with E-state index >= 15 is 0 Å². The zero-order valence-corrected chi connectivity index (χ0v) is 22.0. The second-order valence-electron chi connectivity index (χ2n) is 10.3. The highest BCUT2D eigenvalue weighted by atomic mass is 32.1. The Balaban J connectivity index is 1.44. The first-order valence-corrected chi connectivity index (χ1v) is 14.2. The maximum Gasteiger partial charge on any atom is 0.271 e. The van der Waals surface area contributed by atoms with Crippen LogP contribution in [0.3, 0.4) is 0 Å². The Labute approximate surface area is 229 Å². The van der Waals surface area contributed by atoms with Crippen LogP contribution in [0, 0.1) is 0 Å². The van der Waals surface area contributed by atoms with Crippen molar-refractivity contribution in [3.63, 3.8) is 0 Å². The number of aromatic nitrogens is 1. The van der Waals surface area contributed by atoms with E-state index in [4.69, 9.17) is 4.99 Å². The number of hydrogen-bond acceptors (Lipinski definition) is 3. The Morgan fingerprint density at radius 3 is 2.21 bits per heavy atom. The van der Waals surface area contributed by atoms with Crippen LogP contribution in [0.4, 0.5) is 0 Å². The maximum atomic E-state index is 14.3. The number of benzene rings is 5. The van der Waals surface area contributed by atoms with Crippen LogP contribution in [0.5, 0.6) is 0 Å². The summed E-state index contributed by atoms with van der Waals surface area (Å²) in [5.41, 5.74) is 7.02. The molecule has 0 amide bonds. The van der Waals surface area contributed by atoms with Gasteiger partial charge in [-0.1, -0.05) is 114 Å². The van der Waals surface area contributed by atoms with E-state index in [1.165, 1.54) is 38.8 Å². The molecule has 0 N–H and O–H groups in total. The van der Waals surface area contributed by atoms with Gasteiger partial charge in [0.2, 0.25) is 0 Å². The molecule has 8 rings (SSSR count). The molecule has 2 heterocycles. The van der Waals surface area contributed by atoms with Crippen molar-refractivity contribution in [2.75, 3.05) is 0 Å². The predicted octanol–water partition coefficient (Wildman–Crippen LogP) is 6.63. The summed E-state index contributed by atoms with van der Waals surface area (Å²) in [6.45, 7) is 0. The number of nitrogens with zero attached hydrogens (tertiary/aromatic N) is 2. The second kappa shape index (κ2) is 8.75. The van der Waals surface area contributed by atoms with Gasteiger partial charge in [0.05, 0.1) is 16.3 Å². The second-order valence-corrected chi connectivity index (χ2v) is 11.3. The van der Waals surface area contributed by atoms with Crippen LogP contribution in [0.1, 0.15) is 34.7 Å². The molecule has 1 aromatic heterocycles. The molecule has 39 heavy (non-hydrogen) atoms. The Morgan fingerprint density at radius 1 is 0.769 bits per heavy atom. The van der Waals surface area contributed by atoms with Gasteiger partial charge in [-0.2, -0.15) is 0 Å². The summed E-state index contributed by atoms with van der Waals surface area (Å²) >= 11 is 1.50. The lowest BCUT2D eigenvalue weighted by atomic mass is 9.83. The van der Waals surface area contributed by atoms with Crippen molar-refractivity contribution in [2.45, 2.75) is 18.9 Å². The number of allylic oxidation sites excluding steroid dienone is 1. The van der Waals surface area contributed by atoms with Crippen molar-refractivity contribution in [3.8, 4) is 0 Å². The van der Waals surface area contributed by atoms with Gasteiger partial charge in [0.25, 0.3) is 5.56 Å². The molecule has 5 aromatic carbocycles. The zero-order chi connectivity index (χ0) is 25.9. The van der Waals surface area contributed by atoms with E-state index in [0.717, 1.165) is 45.2 Å². The van der Waals surface area contributed by atoms with Gasteiger partial charge in [-0.25, -0.2) is 4.99 Å². The van der Waals surface area contributed by atoms with E-state index in [-0.39, 0.29) is 11.6 Å². The molecule has 1 atom stereocenters. The average Bonchev–Trinajstić information content (AvgIpc) is 3.30. The number of thiazole rings is 1. The van der Waals surface area contributed by atoms with Crippen LogP contribution in [0.15, 0.2) is 125 Å². The van der Waals surface area contributed by atoms with E-state index in [1.807, 2.05) is 10.6 Å². The van der Waals surface area contributed by atoms with Gasteiger partial charge >= 0.3 is 0 Å². The Kier molecular flexibility index (Phi) is 5.04. The van der Waals surface area contributed by atoms with E-state index < -0.39 is 0 Å². The lowest BCUT2D eigenvalue weighted by Crippen LogP contribution is -2.38. The number of fused-ring (bicyclic) bond motifs is 5. The van der Waals surface area contributed by atoms with Crippen molar-refractivity contribution in [3.05, 3.63) is 157 Å². The largest absolute Gasteiger partial charge is 0.272 e. The van der Waals surface area contributed by atoms with Gasteiger partial charge in [0.1, 0.15) is 0 Å². The Morgan fingerprint density at radius 2 is 1.44 bits per heavy atom. The lowest BCUT2D eigenvalue weighted by Gasteiger charge is -2.30. The minimum absolute atomic E-state index is 0.0232. The lowest BCUT2D eigenvalue weighted by molar-refractivity contribution is 0.585. The van der Waals surface area contributed by atoms with Crippen molar-refractivity contribution >= 4 is 44.7 Å². The fourth-order valence-electron chi connectivity index (χ4n) is 6.29. The molecule has 186 valence electrons. The first-order chi connectivity index (χ1) is 19.3. The van der Waals surface area contributed by atoms with Crippen molar-refractivity contribution in [1.82, 2.24) is 4.57 Å². The minimum atomic E-state index is -0.155. The third-order valence-electron chi connectivity index (χ3n) is 8.08. The van der Waals surface area contributed by atoms with E-state index in [9.17, 15) is 4.79 Å². The first kappa shape index (κ1) is 22.4. The topological polar surface area (TPSA) is 34.4 Å². The number of rotatable bonds is 2. The van der Waals surface area contributed by atoms with Gasteiger partial charge in [-0.15, -0.1) is 0 Å². The fourth-order valence-corrected chi connectivity index (χ4v) is 7.28. The van der Waals surface area contributed by atoms with Crippen LogP contribution in [0.2, 0.25) is 0 Å². The van der Waals surface area contributed by atoms with Crippen LogP contribution in [0.25, 0.3) is 33.3 Å². The summed E-state index contributed by atoms with van der Waals surface area (Å²) < 4.78 is 2.65. The number of hydrogen-bond donors (Lipinski definition) is 0. The van der Waals surface area contributed by atoms with Gasteiger partial charge in [0, 0.05) is 5.56 Å². The molecular weight excluding hydrogens is 496 g/mol. The molecule has 0 bridgehead atoms. The van der Waals surface area contributed by atoms with E-state index in [0.29, 0.717) is 4.53 Å². The molecule has 2 aliphatic rings. The summed E-state index contributed by atoms with van der Waals surface area (Å²) in [6.07, 6.45) is 3.95.